The second-order valence-corrected chi connectivity index (χ2v) is 9.11. The Labute approximate surface area is 183 Å². The van der Waals surface area contributed by atoms with Gasteiger partial charge >= 0.3 is 0 Å². The van der Waals surface area contributed by atoms with Crippen LogP contribution in [-0.4, -0.2) is 57.0 Å². The van der Waals surface area contributed by atoms with E-state index in [1.54, 1.807) is 4.90 Å². The number of carbonyl (C=O) groups is 4. The van der Waals surface area contributed by atoms with E-state index in [0.29, 0.717) is 37.1 Å². The molecule has 5 rings (SSSR count). The third-order valence-electron chi connectivity index (χ3n) is 6.91. The Balaban J connectivity index is 1.51. The lowest BCUT2D eigenvalue weighted by Crippen LogP contribution is -2.60. The minimum atomic E-state index is -1.27. The molecule has 162 valence electrons. The minimum absolute atomic E-state index is 0.0502. The van der Waals surface area contributed by atoms with Crippen LogP contribution in [-0.2, 0) is 25.7 Å². The maximum atomic E-state index is 13.4. The quantitative estimate of drug-likeness (QED) is 0.516. The van der Waals surface area contributed by atoms with E-state index in [-0.39, 0.29) is 23.2 Å². The lowest BCUT2D eigenvalue weighted by atomic mass is 9.81. The molecule has 4 heterocycles. The number of Topliss-reactive ketones (excluding diaryl/α,β-unsaturated/α-hetero) is 1. The molecule has 0 N–H and O–H groups in total. The average Bonchev–Trinajstić information content (AvgIpc) is 2.98. The van der Waals surface area contributed by atoms with E-state index in [0.717, 1.165) is 12.8 Å². The number of hydrogen-bond acceptors (Lipinski definition) is 4. The fourth-order valence-electron chi connectivity index (χ4n) is 5.34. The van der Waals surface area contributed by atoms with Gasteiger partial charge in [0.25, 0.3) is 11.8 Å². The highest BCUT2D eigenvalue weighted by Crippen LogP contribution is 2.47. The molecule has 31 heavy (non-hydrogen) atoms. The topological polar surface area (TPSA) is 78.0 Å². The molecule has 7 nitrogen and oxygen atoms in total. The van der Waals surface area contributed by atoms with Crippen LogP contribution in [0.3, 0.4) is 0 Å². The van der Waals surface area contributed by atoms with E-state index in [4.69, 9.17) is 11.6 Å². The van der Waals surface area contributed by atoms with Gasteiger partial charge in [-0.25, -0.2) is 4.39 Å². The Kier molecular flexibility index (Phi) is 4.48. The molecule has 0 spiro atoms. The second-order valence-electron chi connectivity index (χ2n) is 8.70. The molecule has 0 radical (unpaired) electrons. The van der Waals surface area contributed by atoms with Gasteiger partial charge in [-0.3, -0.25) is 24.1 Å². The largest absolute Gasteiger partial charge is 0.337 e. The summed E-state index contributed by atoms with van der Waals surface area (Å²) in [7, 11) is 0. The standard InChI is InChI=1S/C22H21ClFN3O4/c1-22-7-2-3-8-26(22)20(30)17-13-6-9-25(11-12-4-5-15(24)14(23)10-12)19(29)16(13)18(28)21(31)27(17)22/h4-5,10,16H,2-3,6-9,11H2,1H3. The zero-order valence-electron chi connectivity index (χ0n) is 17.0. The summed E-state index contributed by atoms with van der Waals surface area (Å²) in [6, 6.07) is 4.19. The van der Waals surface area contributed by atoms with Gasteiger partial charge in [0.15, 0.2) is 0 Å². The lowest BCUT2D eigenvalue weighted by Gasteiger charge is -2.45. The lowest BCUT2D eigenvalue weighted by molar-refractivity contribution is -0.157. The number of carbonyl (C=O) groups excluding carboxylic acids is 4. The Hall–Kier alpha value is -2.74. The first-order valence-corrected chi connectivity index (χ1v) is 10.8. The summed E-state index contributed by atoms with van der Waals surface area (Å²) in [5.41, 5.74) is 0.439. The molecule has 0 aromatic heterocycles. The smallest absolute Gasteiger partial charge is 0.297 e. The first-order chi connectivity index (χ1) is 14.7. The number of nitrogens with zero attached hydrogens (tertiary/aromatic N) is 3. The van der Waals surface area contributed by atoms with Crippen molar-refractivity contribution in [2.24, 2.45) is 5.92 Å². The van der Waals surface area contributed by atoms with Crippen molar-refractivity contribution in [3.8, 4) is 0 Å². The molecule has 3 fully saturated rings. The van der Waals surface area contributed by atoms with Crippen LogP contribution in [0.15, 0.2) is 29.5 Å². The first-order valence-electron chi connectivity index (χ1n) is 10.4. The van der Waals surface area contributed by atoms with Crippen LogP contribution >= 0.6 is 11.6 Å². The fraction of sp³-hybridized carbons (Fsp3) is 0.455. The summed E-state index contributed by atoms with van der Waals surface area (Å²) < 4.78 is 13.4. The molecule has 0 saturated carbocycles. The van der Waals surface area contributed by atoms with Crippen molar-refractivity contribution in [1.29, 1.82) is 0 Å². The monoisotopic (exact) mass is 445 g/mol. The van der Waals surface area contributed by atoms with Crippen molar-refractivity contribution >= 4 is 35.1 Å². The van der Waals surface area contributed by atoms with Crippen LogP contribution in [0, 0.1) is 11.7 Å². The Morgan fingerprint density at radius 3 is 2.65 bits per heavy atom. The van der Waals surface area contributed by atoms with Crippen LogP contribution < -0.4 is 0 Å². The molecule has 3 amide bonds. The fourth-order valence-corrected chi connectivity index (χ4v) is 5.54. The molecule has 0 aliphatic carbocycles. The van der Waals surface area contributed by atoms with E-state index >= 15 is 0 Å². The Morgan fingerprint density at radius 2 is 1.90 bits per heavy atom. The third-order valence-corrected chi connectivity index (χ3v) is 7.20. The van der Waals surface area contributed by atoms with Crippen molar-refractivity contribution in [1.82, 2.24) is 14.7 Å². The van der Waals surface area contributed by atoms with E-state index in [9.17, 15) is 23.6 Å². The van der Waals surface area contributed by atoms with Gasteiger partial charge < -0.3 is 9.80 Å². The van der Waals surface area contributed by atoms with Crippen LogP contribution in [0.2, 0.25) is 5.02 Å². The van der Waals surface area contributed by atoms with Gasteiger partial charge in [0.1, 0.15) is 23.1 Å². The van der Waals surface area contributed by atoms with Gasteiger partial charge in [-0.15, -0.1) is 0 Å². The highest BCUT2D eigenvalue weighted by molar-refractivity contribution is 6.44. The molecule has 2 unspecified atom stereocenters. The molecule has 1 aromatic rings. The zero-order valence-corrected chi connectivity index (χ0v) is 17.7. The Morgan fingerprint density at radius 1 is 1.13 bits per heavy atom. The molecule has 0 bridgehead atoms. The number of likely N-dealkylation sites (tertiary alicyclic amines) is 1. The summed E-state index contributed by atoms with van der Waals surface area (Å²) in [6.07, 6.45) is 2.63. The van der Waals surface area contributed by atoms with Crippen molar-refractivity contribution in [3.63, 3.8) is 0 Å². The SMILES string of the molecule is CC12CCCCN1C(=O)C1=C3CCN(Cc4ccc(F)c(Cl)c4)C(=O)C3C(=O)C(=O)N12. The average molecular weight is 446 g/mol. The van der Waals surface area contributed by atoms with Crippen LogP contribution in [0.4, 0.5) is 4.39 Å². The summed E-state index contributed by atoms with van der Waals surface area (Å²) in [5.74, 6) is -4.17. The van der Waals surface area contributed by atoms with Gasteiger partial charge in [0, 0.05) is 19.6 Å². The van der Waals surface area contributed by atoms with E-state index in [1.165, 1.54) is 28.0 Å². The van der Waals surface area contributed by atoms with Crippen molar-refractivity contribution in [2.75, 3.05) is 13.1 Å². The summed E-state index contributed by atoms with van der Waals surface area (Å²) in [5, 5.41) is -0.0502. The molecule has 4 aliphatic rings. The number of benzene rings is 1. The molecule has 9 heteroatoms. The zero-order chi connectivity index (χ0) is 22.1. The van der Waals surface area contributed by atoms with E-state index < -0.39 is 35.0 Å². The number of hydrogen-bond donors (Lipinski definition) is 0. The van der Waals surface area contributed by atoms with E-state index in [2.05, 4.69) is 0 Å². The van der Waals surface area contributed by atoms with Crippen molar-refractivity contribution in [3.05, 3.63) is 45.9 Å². The molecular weight excluding hydrogens is 425 g/mol. The second kappa shape index (κ2) is 6.88. The Bertz CT molecular complexity index is 1090. The number of rotatable bonds is 2. The maximum Gasteiger partial charge on any atom is 0.297 e. The summed E-state index contributed by atoms with van der Waals surface area (Å²) >= 11 is 5.84. The number of ketones is 1. The number of halogens is 2. The highest BCUT2D eigenvalue weighted by Gasteiger charge is 2.61. The summed E-state index contributed by atoms with van der Waals surface area (Å²) in [6.45, 7) is 2.78. The van der Waals surface area contributed by atoms with Gasteiger partial charge in [-0.2, -0.15) is 0 Å². The van der Waals surface area contributed by atoms with Crippen LogP contribution in [0.25, 0.3) is 0 Å². The van der Waals surface area contributed by atoms with Crippen molar-refractivity contribution < 1.29 is 23.6 Å². The molecule has 3 saturated heterocycles. The molecule has 1 aromatic carbocycles. The molecule has 4 aliphatic heterocycles. The predicted molar refractivity (Wildman–Crippen MR) is 108 cm³/mol. The van der Waals surface area contributed by atoms with Gasteiger partial charge in [-0.05, 0) is 55.9 Å². The van der Waals surface area contributed by atoms with Crippen LogP contribution in [0.5, 0.6) is 0 Å². The predicted octanol–water partition coefficient (Wildman–Crippen LogP) is 2.24. The van der Waals surface area contributed by atoms with Gasteiger partial charge in [0.2, 0.25) is 11.7 Å². The number of fused-ring (bicyclic) bond motifs is 4. The van der Waals surface area contributed by atoms with Gasteiger partial charge in [0.05, 0.1) is 5.02 Å². The van der Waals surface area contributed by atoms with Crippen molar-refractivity contribution in [2.45, 2.75) is 44.8 Å². The third kappa shape index (κ3) is 2.77. The number of piperidine rings is 2. The minimum Gasteiger partial charge on any atom is -0.337 e. The highest BCUT2D eigenvalue weighted by atomic mass is 35.5. The molecular formula is C22H21ClFN3O4. The molecule has 2 atom stereocenters. The van der Waals surface area contributed by atoms with E-state index in [1.807, 2.05) is 6.92 Å². The summed E-state index contributed by atoms with van der Waals surface area (Å²) in [4.78, 5) is 57.1. The first kappa shape index (κ1) is 20.2. The van der Waals surface area contributed by atoms with Gasteiger partial charge in [-0.1, -0.05) is 17.7 Å². The van der Waals surface area contributed by atoms with Crippen LogP contribution in [0.1, 0.15) is 38.2 Å². The number of amides is 3. The normalized spacial score (nSPS) is 28.2. The maximum absolute atomic E-state index is 13.4.